The molecular weight excluding hydrogens is 358 g/mol. The molecule has 3 aromatic rings. The van der Waals surface area contributed by atoms with Crippen molar-refractivity contribution >= 4 is 35.3 Å². The Morgan fingerprint density at radius 1 is 1.36 bits per heavy atom. The number of nitrogen functional groups attached to an aromatic ring is 1. The zero-order chi connectivity index (χ0) is 17.8. The SMILES string of the molecule is COc1ccc(CNC(=O)c2sc(=S)n(Cc3ccco3)c2N)cc1. The van der Waals surface area contributed by atoms with Crippen LogP contribution in [0, 0.1) is 3.95 Å². The molecule has 0 saturated heterocycles. The zero-order valence-corrected chi connectivity index (χ0v) is 15.2. The molecule has 8 heteroatoms. The number of thiazole rings is 1. The maximum Gasteiger partial charge on any atom is 0.265 e. The second kappa shape index (κ2) is 7.54. The summed E-state index contributed by atoms with van der Waals surface area (Å²) < 4.78 is 12.7. The van der Waals surface area contributed by atoms with Crippen LogP contribution in [0.15, 0.2) is 47.1 Å². The normalized spacial score (nSPS) is 10.6. The largest absolute Gasteiger partial charge is 0.497 e. The van der Waals surface area contributed by atoms with E-state index in [4.69, 9.17) is 27.1 Å². The zero-order valence-electron chi connectivity index (χ0n) is 13.5. The summed E-state index contributed by atoms with van der Waals surface area (Å²) in [6.07, 6.45) is 1.59. The molecule has 1 amide bonds. The van der Waals surface area contributed by atoms with E-state index in [2.05, 4.69) is 5.32 Å². The van der Waals surface area contributed by atoms with Crippen molar-refractivity contribution in [3.8, 4) is 5.75 Å². The van der Waals surface area contributed by atoms with Gasteiger partial charge < -0.3 is 24.8 Å². The lowest BCUT2D eigenvalue weighted by Gasteiger charge is -2.07. The number of methoxy groups -OCH3 is 1. The number of benzene rings is 1. The molecule has 0 bridgehead atoms. The molecule has 3 rings (SSSR count). The van der Waals surface area contributed by atoms with Crippen LogP contribution in [0.2, 0.25) is 0 Å². The molecule has 0 fully saturated rings. The molecule has 0 saturated carbocycles. The van der Waals surface area contributed by atoms with Gasteiger partial charge >= 0.3 is 0 Å². The number of amides is 1. The summed E-state index contributed by atoms with van der Waals surface area (Å²) in [6.45, 7) is 0.797. The molecule has 3 N–H and O–H groups in total. The lowest BCUT2D eigenvalue weighted by atomic mass is 10.2. The average Bonchev–Trinajstić information content (AvgIpc) is 3.24. The molecule has 2 aromatic heterocycles. The van der Waals surface area contributed by atoms with Crippen molar-refractivity contribution in [2.24, 2.45) is 0 Å². The van der Waals surface area contributed by atoms with Gasteiger partial charge in [-0.05, 0) is 42.0 Å². The Morgan fingerprint density at radius 3 is 2.76 bits per heavy atom. The first kappa shape index (κ1) is 17.2. The molecule has 0 spiro atoms. The third-order valence-electron chi connectivity index (χ3n) is 3.65. The first-order valence-electron chi connectivity index (χ1n) is 7.51. The number of nitrogens with zero attached hydrogens (tertiary/aromatic N) is 1. The number of nitrogens with one attached hydrogen (secondary N) is 1. The molecule has 130 valence electrons. The van der Waals surface area contributed by atoms with E-state index >= 15 is 0 Å². The first-order chi connectivity index (χ1) is 12.1. The molecule has 0 aliphatic carbocycles. The Morgan fingerprint density at radius 2 is 2.12 bits per heavy atom. The Labute approximate surface area is 153 Å². The molecule has 2 heterocycles. The van der Waals surface area contributed by atoms with Crippen LogP contribution >= 0.6 is 23.6 Å². The molecule has 0 atom stereocenters. The highest BCUT2D eigenvalue weighted by Crippen LogP contribution is 2.23. The maximum absolute atomic E-state index is 12.4. The summed E-state index contributed by atoms with van der Waals surface area (Å²) >= 11 is 6.52. The van der Waals surface area contributed by atoms with E-state index in [1.807, 2.05) is 30.3 Å². The topological polar surface area (TPSA) is 82.4 Å². The van der Waals surface area contributed by atoms with E-state index in [-0.39, 0.29) is 5.91 Å². The smallest absolute Gasteiger partial charge is 0.265 e. The van der Waals surface area contributed by atoms with Gasteiger partial charge in [0.1, 0.15) is 22.2 Å². The van der Waals surface area contributed by atoms with Crippen molar-refractivity contribution < 1.29 is 13.9 Å². The summed E-state index contributed by atoms with van der Waals surface area (Å²) in [5, 5.41) is 2.86. The highest BCUT2D eigenvalue weighted by atomic mass is 32.1. The van der Waals surface area contributed by atoms with Crippen LogP contribution in [0.1, 0.15) is 21.0 Å². The summed E-state index contributed by atoms with van der Waals surface area (Å²) in [5.41, 5.74) is 7.08. The fraction of sp³-hybridized carbons (Fsp3) is 0.176. The van der Waals surface area contributed by atoms with Gasteiger partial charge in [0.15, 0.2) is 3.95 Å². The van der Waals surface area contributed by atoms with Gasteiger partial charge in [0.25, 0.3) is 5.91 Å². The minimum absolute atomic E-state index is 0.248. The fourth-order valence-corrected chi connectivity index (χ4v) is 3.53. The van der Waals surface area contributed by atoms with Crippen LogP contribution in [0.25, 0.3) is 0 Å². The predicted octanol–water partition coefficient (Wildman–Crippen LogP) is 3.44. The lowest BCUT2D eigenvalue weighted by molar-refractivity contribution is 0.0955. The van der Waals surface area contributed by atoms with E-state index in [1.165, 1.54) is 11.3 Å². The Balaban J connectivity index is 1.70. The van der Waals surface area contributed by atoms with Gasteiger partial charge in [0.2, 0.25) is 0 Å². The summed E-state index contributed by atoms with van der Waals surface area (Å²) in [5.74, 6) is 1.60. The van der Waals surface area contributed by atoms with Gasteiger partial charge in [-0.2, -0.15) is 0 Å². The number of carbonyl (C=O) groups excluding carboxylic acids is 1. The Hall–Kier alpha value is -2.58. The quantitative estimate of drug-likeness (QED) is 0.645. The van der Waals surface area contributed by atoms with Gasteiger partial charge in [0.05, 0.1) is 19.9 Å². The molecule has 1 aromatic carbocycles. The molecule has 25 heavy (non-hydrogen) atoms. The number of ether oxygens (including phenoxy) is 1. The van der Waals surface area contributed by atoms with Crippen LogP contribution in [0.5, 0.6) is 5.75 Å². The number of anilines is 1. The van der Waals surface area contributed by atoms with Gasteiger partial charge in [-0.25, -0.2) is 0 Å². The number of aromatic nitrogens is 1. The number of nitrogens with two attached hydrogens (primary N) is 1. The maximum atomic E-state index is 12.4. The standard InChI is InChI=1S/C17H17N3O3S2/c1-22-12-6-4-11(5-7-12)9-19-16(21)14-15(18)20(17(24)25-14)10-13-3-2-8-23-13/h2-8H,9-10,18H2,1H3,(H,19,21). The predicted molar refractivity (Wildman–Crippen MR) is 99.5 cm³/mol. The van der Waals surface area contributed by atoms with Gasteiger partial charge in [0, 0.05) is 6.54 Å². The fourth-order valence-electron chi connectivity index (χ4n) is 2.29. The second-order valence-electron chi connectivity index (χ2n) is 5.28. The average molecular weight is 375 g/mol. The molecule has 0 aliphatic rings. The molecular formula is C17H17N3O3S2. The van der Waals surface area contributed by atoms with Crippen molar-refractivity contribution in [1.82, 2.24) is 9.88 Å². The number of hydrogen-bond acceptors (Lipinski definition) is 6. The van der Waals surface area contributed by atoms with Crippen LogP contribution in [-0.2, 0) is 13.1 Å². The Bertz CT molecular complexity index is 912. The van der Waals surface area contributed by atoms with Crippen LogP contribution < -0.4 is 15.8 Å². The summed E-state index contributed by atoms with van der Waals surface area (Å²) in [6, 6.07) is 11.1. The van der Waals surface area contributed by atoms with Gasteiger partial charge in [-0.1, -0.05) is 23.5 Å². The van der Waals surface area contributed by atoms with E-state index in [0.29, 0.717) is 27.7 Å². The van der Waals surface area contributed by atoms with Crippen molar-refractivity contribution in [3.05, 3.63) is 62.8 Å². The van der Waals surface area contributed by atoms with Crippen LogP contribution in [-0.4, -0.2) is 17.6 Å². The molecule has 0 unspecified atom stereocenters. The number of carbonyl (C=O) groups is 1. The third kappa shape index (κ3) is 3.92. The van der Waals surface area contributed by atoms with Crippen molar-refractivity contribution in [2.45, 2.75) is 13.1 Å². The van der Waals surface area contributed by atoms with E-state index in [9.17, 15) is 4.79 Å². The number of hydrogen-bond donors (Lipinski definition) is 2. The highest BCUT2D eigenvalue weighted by molar-refractivity contribution is 7.73. The Kier molecular flexibility index (Phi) is 5.20. The second-order valence-corrected chi connectivity index (χ2v) is 6.92. The summed E-state index contributed by atoms with van der Waals surface area (Å²) in [4.78, 5) is 12.8. The minimum atomic E-state index is -0.248. The third-order valence-corrected chi connectivity index (χ3v) is 5.11. The minimum Gasteiger partial charge on any atom is -0.497 e. The van der Waals surface area contributed by atoms with Crippen molar-refractivity contribution in [1.29, 1.82) is 0 Å². The van der Waals surface area contributed by atoms with E-state index < -0.39 is 0 Å². The first-order valence-corrected chi connectivity index (χ1v) is 8.73. The van der Waals surface area contributed by atoms with Crippen LogP contribution in [0.3, 0.4) is 0 Å². The molecule has 6 nitrogen and oxygen atoms in total. The monoisotopic (exact) mass is 375 g/mol. The van der Waals surface area contributed by atoms with Crippen molar-refractivity contribution in [2.75, 3.05) is 12.8 Å². The number of rotatable bonds is 6. The lowest BCUT2D eigenvalue weighted by Crippen LogP contribution is -2.23. The van der Waals surface area contributed by atoms with Crippen LogP contribution in [0.4, 0.5) is 5.82 Å². The summed E-state index contributed by atoms with van der Waals surface area (Å²) in [7, 11) is 1.61. The molecule has 0 aliphatic heterocycles. The van der Waals surface area contributed by atoms with Gasteiger partial charge in [-0.3, -0.25) is 4.79 Å². The van der Waals surface area contributed by atoms with Crippen molar-refractivity contribution in [3.63, 3.8) is 0 Å². The highest BCUT2D eigenvalue weighted by Gasteiger charge is 2.17. The van der Waals surface area contributed by atoms with E-state index in [0.717, 1.165) is 17.1 Å². The number of furan rings is 1. The molecule has 0 radical (unpaired) electrons. The van der Waals surface area contributed by atoms with E-state index in [1.54, 1.807) is 24.0 Å². The van der Waals surface area contributed by atoms with Gasteiger partial charge in [-0.15, -0.1) is 0 Å².